The molecule has 4 rings (SSSR count). The van der Waals surface area contributed by atoms with Gasteiger partial charge in [0.2, 0.25) is 0 Å². The molecule has 22 heavy (non-hydrogen) atoms. The van der Waals surface area contributed by atoms with Crippen LogP contribution in [0.3, 0.4) is 0 Å². The third-order valence-electron chi connectivity index (χ3n) is 3.82. The van der Waals surface area contributed by atoms with E-state index in [0.29, 0.717) is 22.1 Å². The van der Waals surface area contributed by atoms with Crippen LogP contribution in [0.15, 0.2) is 70.1 Å². The van der Waals surface area contributed by atoms with Gasteiger partial charge < -0.3 is 9.15 Å². The van der Waals surface area contributed by atoms with Crippen molar-refractivity contribution in [3.8, 4) is 0 Å². The van der Waals surface area contributed by atoms with Gasteiger partial charge in [0, 0.05) is 5.56 Å². The fourth-order valence-corrected chi connectivity index (χ4v) is 2.60. The van der Waals surface area contributed by atoms with E-state index in [9.17, 15) is 9.59 Å². The number of rotatable bonds is 3. The van der Waals surface area contributed by atoms with Crippen LogP contribution in [0.4, 0.5) is 0 Å². The average molecular weight is 292 g/mol. The summed E-state index contributed by atoms with van der Waals surface area (Å²) in [5.74, 6) is -0.113. The summed E-state index contributed by atoms with van der Waals surface area (Å²) in [6.45, 7) is 0. The minimum absolute atomic E-state index is 0.113. The van der Waals surface area contributed by atoms with Crippen LogP contribution in [0.25, 0.3) is 11.0 Å². The summed E-state index contributed by atoms with van der Waals surface area (Å²) >= 11 is 0. The highest BCUT2D eigenvalue weighted by Gasteiger charge is 2.47. The molecule has 4 heteroatoms. The van der Waals surface area contributed by atoms with Crippen LogP contribution in [-0.2, 0) is 4.74 Å². The second-order valence-electron chi connectivity index (χ2n) is 5.22. The molecule has 2 atom stereocenters. The highest BCUT2D eigenvalue weighted by molar-refractivity contribution is 6.01. The van der Waals surface area contributed by atoms with Crippen molar-refractivity contribution in [1.29, 1.82) is 0 Å². The molecule has 1 fully saturated rings. The number of benzene rings is 2. The van der Waals surface area contributed by atoms with E-state index < -0.39 is 12.2 Å². The Morgan fingerprint density at radius 3 is 2.50 bits per heavy atom. The van der Waals surface area contributed by atoms with E-state index in [2.05, 4.69) is 0 Å². The van der Waals surface area contributed by atoms with Crippen molar-refractivity contribution in [2.45, 2.75) is 12.2 Å². The van der Waals surface area contributed by atoms with Crippen LogP contribution in [-0.4, -0.2) is 11.9 Å². The Labute approximate surface area is 126 Å². The van der Waals surface area contributed by atoms with E-state index in [4.69, 9.17) is 9.15 Å². The Morgan fingerprint density at radius 1 is 0.955 bits per heavy atom. The molecule has 1 saturated heterocycles. The van der Waals surface area contributed by atoms with Gasteiger partial charge in [0.1, 0.15) is 18.0 Å². The van der Waals surface area contributed by atoms with Crippen LogP contribution in [0.5, 0.6) is 0 Å². The maximum Gasteiger partial charge on any atom is 0.198 e. The van der Waals surface area contributed by atoms with Gasteiger partial charge in [-0.2, -0.15) is 0 Å². The first-order chi connectivity index (χ1) is 10.8. The van der Waals surface area contributed by atoms with Crippen molar-refractivity contribution < 1.29 is 13.9 Å². The largest absolute Gasteiger partial charge is 0.464 e. The number of hydrogen-bond acceptors (Lipinski definition) is 4. The lowest BCUT2D eigenvalue weighted by Gasteiger charge is -1.99. The number of hydrogen-bond donors (Lipinski definition) is 0. The fourth-order valence-electron chi connectivity index (χ4n) is 2.60. The average Bonchev–Trinajstić information content (AvgIpc) is 3.36. The van der Waals surface area contributed by atoms with E-state index in [1.807, 2.05) is 6.07 Å². The van der Waals surface area contributed by atoms with Gasteiger partial charge in [-0.3, -0.25) is 9.59 Å². The smallest absolute Gasteiger partial charge is 0.198 e. The van der Waals surface area contributed by atoms with Gasteiger partial charge in [0.15, 0.2) is 17.3 Å². The first-order valence-corrected chi connectivity index (χ1v) is 7.01. The number of carbonyl (C=O) groups excluding carboxylic acids is 1. The van der Waals surface area contributed by atoms with Crippen LogP contribution >= 0.6 is 0 Å². The maximum absolute atomic E-state index is 12.5. The summed E-state index contributed by atoms with van der Waals surface area (Å²) in [4.78, 5) is 24.8. The van der Waals surface area contributed by atoms with Crippen LogP contribution in [0.1, 0.15) is 22.0 Å². The highest BCUT2D eigenvalue weighted by atomic mass is 16.6. The molecular formula is C18H12O4. The zero-order valence-corrected chi connectivity index (χ0v) is 11.6. The molecule has 0 bridgehead atoms. The quantitative estimate of drug-likeness (QED) is 0.549. The Morgan fingerprint density at radius 2 is 1.68 bits per heavy atom. The van der Waals surface area contributed by atoms with Gasteiger partial charge in [-0.25, -0.2) is 0 Å². The maximum atomic E-state index is 12.5. The summed E-state index contributed by atoms with van der Waals surface area (Å²) in [5.41, 5.74) is 1.37. The predicted molar refractivity (Wildman–Crippen MR) is 80.9 cm³/mol. The Balaban J connectivity index is 1.67. The lowest BCUT2D eigenvalue weighted by molar-refractivity contribution is 0.0953. The molecule has 4 nitrogen and oxygen atoms in total. The predicted octanol–water partition coefficient (Wildman–Crippen LogP) is 3.12. The molecule has 0 saturated carbocycles. The van der Waals surface area contributed by atoms with Crippen molar-refractivity contribution in [2.75, 3.05) is 0 Å². The summed E-state index contributed by atoms with van der Waals surface area (Å²) in [5, 5.41) is 0.501. The molecule has 1 aliphatic heterocycles. The van der Waals surface area contributed by atoms with E-state index in [-0.39, 0.29) is 11.2 Å². The lowest BCUT2D eigenvalue weighted by atomic mass is 10.0. The SMILES string of the molecule is O=C(c1ccccc1)[C@@H]1O[C@@H]1c1coc2ccccc2c1=O. The molecule has 3 aromatic rings. The van der Waals surface area contributed by atoms with Crippen molar-refractivity contribution >= 4 is 16.8 Å². The number of epoxide rings is 1. The number of fused-ring (bicyclic) bond motifs is 1. The first-order valence-electron chi connectivity index (χ1n) is 7.01. The van der Waals surface area contributed by atoms with Gasteiger partial charge in [-0.15, -0.1) is 0 Å². The number of ketones is 1. The monoisotopic (exact) mass is 292 g/mol. The molecule has 0 spiro atoms. The zero-order valence-electron chi connectivity index (χ0n) is 11.6. The highest BCUT2D eigenvalue weighted by Crippen LogP contribution is 2.39. The summed E-state index contributed by atoms with van der Waals surface area (Å²) in [7, 11) is 0. The number of carbonyl (C=O) groups is 1. The molecule has 2 heterocycles. The van der Waals surface area contributed by atoms with Crippen molar-refractivity contribution in [3.63, 3.8) is 0 Å². The normalized spacial score (nSPS) is 20.0. The van der Waals surface area contributed by atoms with Crippen molar-refractivity contribution in [1.82, 2.24) is 0 Å². The van der Waals surface area contributed by atoms with Crippen LogP contribution in [0.2, 0.25) is 0 Å². The van der Waals surface area contributed by atoms with Gasteiger partial charge in [-0.05, 0) is 12.1 Å². The minimum atomic E-state index is -0.605. The van der Waals surface area contributed by atoms with Gasteiger partial charge >= 0.3 is 0 Å². The Bertz CT molecular complexity index is 911. The van der Waals surface area contributed by atoms with E-state index in [0.717, 1.165) is 0 Å². The van der Waals surface area contributed by atoms with Crippen molar-refractivity contribution in [2.24, 2.45) is 0 Å². The number of para-hydroxylation sites is 1. The Kier molecular flexibility index (Phi) is 2.91. The molecule has 0 N–H and O–H groups in total. The molecule has 1 aromatic heterocycles. The van der Waals surface area contributed by atoms with E-state index >= 15 is 0 Å². The Hall–Kier alpha value is -2.72. The van der Waals surface area contributed by atoms with Crippen LogP contribution in [0, 0.1) is 0 Å². The molecule has 0 unspecified atom stereocenters. The van der Waals surface area contributed by atoms with Gasteiger partial charge in [-0.1, -0.05) is 42.5 Å². The topological polar surface area (TPSA) is 59.8 Å². The standard InChI is InChI=1S/C18H12O4/c19-15(11-6-2-1-3-7-11)18-17(22-18)13-10-21-14-9-5-4-8-12(14)16(13)20/h1-10,17-18H/t17-,18+/m1/s1. The lowest BCUT2D eigenvalue weighted by Crippen LogP contribution is -2.12. The minimum Gasteiger partial charge on any atom is -0.464 e. The van der Waals surface area contributed by atoms with Crippen LogP contribution < -0.4 is 5.43 Å². The first kappa shape index (κ1) is 13.0. The molecule has 2 aromatic carbocycles. The molecule has 1 aliphatic rings. The molecule has 0 radical (unpaired) electrons. The van der Waals surface area contributed by atoms with E-state index in [1.54, 1.807) is 48.5 Å². The second kappa shape index (κ2) is 4.93. The molecule has 0 aliphatic carbocycles. The fraction of sp³-hybridized carbons (Fsp3) is 0.111. The molecule has 0 amide bonds. The number of ether oxygens (including phenoxy) is 1. The van der Waals surface area contributed by atoms with E-state index in [1.165, 1.54) is 6.26 Å². The van der Waals surface area contributed by atoms with Gasteiger partial charge in [0.05, 0.1) is 10.9 Å². The van der Waals surface area contributed by atoms with Crippen molar-refractivity contribution in [3.05, 3.63) is 82.2 Å². The summed E-state index contributed by atoms with van der Waals surface area (Å²) < 4.78 is 10.9. The third kappa shape index (κ3) is 2.05. The summed E-state index contributed by atoms with van der Waals surface area (Å²) in [6, 6.07) is 16.0. The third-order valence-corrected chi connectivity index (χ3v) is 3.82. The summed E-state index contributed by atoms with van der Waals surface area (Å²) in [6.07, 6.45) is 0.271. The molecular weight excluding hydrogens is 280 g/mol. The molecule has 108 valence electrons. The zero-order chi connectivity index (χ0) is 15.1. The van der Waals surface area contributed by atoms with Gasteiger partial charge in [0.25, 0.3) is 0 Å². The number of Topliss-reactive ketones (excluding diaryl/α,β-unsaturated/α-hetero) is 1. The second-order valence-corrected chi connectivity index (χ2v) is 5.22.